The lowest BCUT2D eigenvalue weighted by atomic mass is 10.2. The molecule has 0 bridgehead atoms. The molecule has 15 heavy (non-hydrogen) atoms. The molecule has 0 N–H and O–H groups in total. The molecule has 0 saturated carbocycles. The number of aromatic nitrogens is 2. The SMILES string of the molecule is Cc1nccn1-c1ccc(Br)cc1C#N. The van der Waals surface area contributed by atoms with E-state index in [0.29, 0.717) is 5.56 Å². The molecule has 0 aliphatic heterocycles. The molecule has 0 aliphatic rings. The summed E-state index contributed by atoms with van der Waals surface area (Å²) in [6.45, 7) is 1.91. The summed E-state index contributed by atoms with van der Waals surface area (Å²) in [6.07, 6.45) is 3.57. The van der Waals surface area contributed by atoms with Crippen molar-refractivity contribution in [3.8, 4) is 11.8 Å². The third-order valence-corrected chi connectivity index (χ3v) is 2.66. The first-order chi connectivity index (χ1) is 7.22. The summed E-state index contributed by atoms with van der Waals surface area (Å²) in [5.74, 6) is 0.869. The van der Waals surface area contributed by atoms with Gasteiger partial charge in [-0.3, -0.25) is 0 Å². The van der Waals surface area contributed by atoms with E-state index < -0.39 is 0 Å². The first kappa shape index (κ1) is 9.94. The van der Waals surface area contributed by atoms with E-state index in [1.165, 1.54) is 0 Å². The molecule has 0 aliphatic carbocycles. The van der Waals surface area contributed by atoms with E-state index in [1.54, 1.807) is 12.3 Å². The molecule has 4 heteroatoms. The first-order valence-electron chi connectivity index (χ1n) is 4.42. The largest absolute Gasteiger partial charge is 0.303 e. The minimum absolute atomic E-state index is 0.630. The Balaban J connectivity index is 2.64. The van der Waals surface area contributed by atoms with Gasteiger partial charge in [-0.1, -0.05) is 15.9 Å². The van der Waals surface area contributed by atoms with E-state index in [9.17, 15) is 0 Å². The molecule has 3 nitrogen and oxygen atoms in total. The smallest absolute Gasteiger partial charge is 0.110 e. The summed E-state index contributed by atoms with van der Waals surface area (Å²) in [7, 11) is 0. The molecule has 0 spiro atoms. The number of nitriles is 1. The van der Waals surface area contributed by atoms with Crippen molar-refractivity contribution in [1.29, 1.82) is 5.26 Å². The molecule has 0 saturated heterocycles. The van der Waals surface area contributed by atoms with Crippen molar-refractivity contribution in [2.24, 2.45) is 0 Å². The molecule has 74 valence electrons. The Labute approximate surface area is 96.1 Å². The summed E-state index contributed by atoms with van der Waals surface area (Å²) in [4.78, 5) is 4.13. The summed E-state index contributed by atoms with van der Waals surface area (Å²) in [5, 5.41) is 9.03. The highest BCUT2D eigenvalue weighted by atomic mass is 79.9. The van der Waals surface area contributed by atoms with E-state index >= 15 is 0 Å². The Bertz CT molecular complexity index is 537. The van der Waals surface area contributed by atoms with Crippen molar-refractivity contribution in [2.45, 2.75) is 6.92 Å². The Hall–Kier alpha value is -1.60. The van der Waals surface area contributed by atoms with Gasteiger partial charge in [-0.2, -0.15) is 5.26 Å². The second kappa shape index (κ2) is 3.87. The van der Waals surface area contributed by atoms with E-state index in [1.807, 2.05) is 29.8 Å². The second-order valence-electron chi connectivity index (χ2n) is 3.12. The first-order valence-corrected chi connectivity index (χ1v) is 5.21. The van der Waals surface area contributed by atoms with Crippen molar-refractivity contribution >= 4 is 15.9 Å². The number of hydrogen-bond acceptors (Lipinski definition) is 2. The number of rotatable bonds is 1. The normalized spacial score (nSPS) is 9.93. The maximum atomic E-state index is 9.03. The fraction of sp³-hybridized carbons (Fsp3) is 0.0909. The van der Waals surface area contributed by atoms with Gasteiger partial charge in [0.25, 0.3) is 0 Å². The van der Waals surface area contributed by atoms with Gasteiger partial charge in [0, 0.05) is 16.9 Å². The summed E-state index contributed by atoms with van der Waals surface area (Å²) in [6, 6.07) is 7.79. The molecule has 2 aromatic rings. The van der Waals surface area contributed by atoms with Gasteiger partial charge in [-0.15, -0.1) is 0 Å². The van der Waals surface area contributed by atoms with Gasteiger partial charge in [0.05, 0.1) is 11.3 Å². The van der Waals surface area contributed by atoms with E-state index in [4.69, 9.17) is 5.26 Å². The molecular formula is C11H8BrN3. The standard InChI is InChI=1S/C11H8BrN3/c1-8-14-4-5-15(8)11-3-2-10(12)6-9(11)7-13/h2-6H,1H3. The number of benzene rings is 1. The third kappa shape index (κ3) is 1.79. The quantitative estimate of drug-likeness (QED) is 0.792. The molecule has 2 rings (SSSR count). The molecule has 0 unspecified atom stereocenters. The summed E-state index contributed by atoms with van der Waals surface area (Å²) < 4.78 is 2.80. The molecule has 1 aromatic carbocycles. The van der Waals surface area contributed by atoms with Gasteiger partial charge < -0.3 is 4.57 Å². The van der Waals surface area contributed by atoms with E-state index in [0.717, 1.165) is 16.0 Å². The topological polar surface area (TPSA) is 41.6 Å². The van der Waals surface area contributed by atoms with Crippen LogP contribution in [-0.2, 0) is 0 Å². The third-order valence-electron chi connectivity index (χ3n) is 2.16. The Kier molecular flexibility index (Phi) is 2.57. The number of halogens is 1. The molecule has 0 atom stereocenters. The second-order valence-corrected chi connectivity index (χ2v) is 4.03. The van der Waals surface area contributed by atoms with Gasteiger partial charge in [0.1, 0.15) is 11.9 Å². The lowest BCUT2D eigenvalue weighted by molar-refractivity contribution is 0.970. The fourth-order valence-electron chi connectivity index (χ4n) is 1.44. The van der Waals surface area contributed by atoms with Gasteiger partial charge in [-0.05, 0) is 25.1 Å². The average molecular weight is 262 g/mol. The zero-order valence-electron chi connectivity index (χ0n) is 8.11. The van der Waals surface area contributed by atoms with Crippen molar-refractivity contribution in [2.75, 3.05) is 0 Å². The van der Waals surface area contributed by atoms with Crippen LogP contribution in [0.25, 0.3) is 5.69 Å². The highest BCUT2D eigenvalue weighted by Gasteiger charge is 2.06. The van der Waals surface area contributed by atoms with Crippen LogP contribution < -0.4 is 0 Å². The number of nitrogens with zero attached hydrogens (tertiary/aromatic N) is 3. The van der Waals surface area contributed by atoms with E-state index in [2.05, 4.69) is 27.0 Å². The van der Waals surface area contributed by atoms with Crippen molar-refractivity contribution < 1.29 is 0 Å². The van der Waals surface area contributed by atoms with Crippen LogP contribution in [-0.4, -0.2) is 9.55 Å². The summed E-state index contributed by atoms with van der Waals surface area (Å²) in [5.41, 5.74) is 1.49. The van der Waals surface area contributed by atoms with Crippen LogP contribution in [0.4, 0.5) is 0 Å². The lowest BCUT2D eigenvalue weighted by Crippen LogP contribution is -1.98. The molecule has 0 fully saturated rings. The molecular weight excluding hydrogens is 254 g/mol. The van der Waals surface area contributed by atoms with Gasteiger partial charge >= 0.3 is 0 Å². The predicted molar refractivity (Wildman–Crippen MR) is 60.7 cm³/mol. The van der Waals surface area contributed by atoms with Gasteiger partial charge in [-0.25, -0.2) is 4.98 Å². The van der Waals surface area contributed by atoms with Crippen LogP contribution in [0.3, 0.4) is 0 Å². The zero-order chi connectivity index (χ0) is 10.8. The minimum Gasteiger partial charge on any atom is -0.303 e. The Morgan fingerprint density at radius 3 is 2.87 bits per heavy atom. The van der Waals surface area contributed by atoms with Crippen LogP contribution in [0.2, 0.25) is 0 Å². The van der Waals surface area contributed by atoms with Crippen molar-refractivity contribution in [1.82, 2.24) is 9.55 Å². The highest BCUT2D eigenvalue weighted by molar-refractivity contribution is 9.10. The van der Waals surface area contributed by atoms with Crippen molar-refractivity contribution in [3.63, 3.8) is 0 Å². The van der Waals surface area contributed by atoms with Gasteiger partial charge in [0.2, 0.25) is 0 Å². The Morgan fingerprint density at radius 1 is 1.47 bits per heavy atom. The number of hydrogen-bond donors (Lipinski definition) is 0. The van der Waals surface area contributed by atoms with Crippen LogP contribution >= 0.6 is 15.9 Å². The van der Waals surface area contributed by atoms with Crippen molar-refractivity contribution in [3.05, 3.63) is 46.5 Å². The molecule has 1 aromatic heterocycles. The fourth-order valence-corrected chi connectivity index (χ4v) is 1.80. The highest BCUT2D eigenvalue weighted by Crippen LogP contribution is 2.20. The van der Waals surface area contributed by atoms with Crippen LogP contribution in [0, 0.1) is 18.3 Å². The number of imidazole rings is 1. The minimum atomic E-state index is 0.630. The zero-order valence-corrected chi connectivity index (χ0v) is 9.69. The maximum Gasteiger partial charge on any atom is 0.110 e. The monoisotopic (exact) mass is 261 g/mol. The van der Waals surface area contributed by atoms with E-state index in [-0.39, 0.29) is 0 Å². The van der Waals surface area contributed by atoms with Crippen LogP contribution in [0.5, 0.6) is 0 Å². The van der Waals surface area contributed by atoms with Crippen LogP contribution in [0.15, 0.2) is 35.1 Å². The Morgan fingerprint density at radius 2 is 2.27 bits per heavy atom. The molecule has 0 radical (unpaired) electrons. The maximum absolute atomic E-state index is 9.03. The average Bonchev–Trinajstić information content (AvgIpc) is 2.64. The van der Waals surface area contributed by atoms with Gasteiger partial charge in [0.15, 0.2) is 0 Å². The van der Waals surface area contributed by atoms with Crippen LogP contribution in [0.1, 0.15) is 11.4 Å². The molecule has 1 heterocycles. The number of aryl methyl sites for hydroxylation is 1. The lowest BCUT2D eigenvalue weighted by Gasteiger charge is -2.07. The summed E-state index contributed by atoms with van der Waals surface area (Å²) >= 11 is 3.34. The molecule has 0 amide bonds. The predicted octanol–water partition coefficient (Wildman–Crippen LogP) is 2.81.